The van der Waals surface area contributed by atoms with Gasteiger partial charge in [0.05, 0.1) is 13.2 Å². The molecule has 3 rings (SSSR count). The van der Waals surface area contributed by atoms with Crippen LogP contribution in [0.1, 0.15) is 39.7 Å². The average molecular weight is 470 g/mol. The maximum absolute atomic E-state index is 15.1. The highest BCUT2D eigenvalue weighted by Gasteiger charge is 2.37. The summed E-state index contributed by atoms with van der Waals surface area (Å²) < 4.78 is 20.7. The van der Waals surface area contributed by atoms with Crippen molar-refractivity contribution in [1.29, 1.82) is 0 Å². The van der Waals surface area contributed by atoms with Gasteiger partial charge in [-0.25, -0.2) is 4.39 Å². The monoisotopic (exact) mass is 469 g/mol. The van der Waals surface area contributed by atoms with E-state index in [1.807, 2.05) is 38.2 Å². The number of likely N-dealkylation sites (N-methyl/N-ethyl adjacent to an activating group) is 1. The molecule has 0 aromatic heterocycles. The van der Waals surface area contributed by atoms with E-state index in [4.69, 9.17) is 9.57 Å². The second kappa shape index (κ2) is 10.8. The van der Waals surface area contributed by atoms with Gasteiger partial charge in [-0.2, -0.15) is 5.06 Å². The van der Waals surface area contributed by atoms with E-state index in [-0.39, 0.29) is 18.1 Å². The Kier molecular flexibility index (Phi) is 8.06. The summed E-state index contributed by atoms with van der Waals surface area (Å²) in [4.78, 5) is 30.0. The predicted molar refractivity (Wildman–Crippen MR) is 130 cm³/mol. The lowest BCUT2D eigenvalue weighted by Crippen LogP contribution is -2.46. The SMILES string of the molecule is C\C=C(/C=C\C(=C\CC)C(=O)NC)C1=CCN(Cc2ccc3c(c2F)NC(=O)C(C)(C)O3)OC1. The molecule has 34 heavy (non-hydrogen) atoms. The predicted octanol–water partition coefficient (Wildman–Crippen LogP) is 4.19. The summed E-state index contributed by atoms with van der Waals surface area (Å²) in [6, 6.07) is 3.31. The van der Waals surface area contributed by atoms with Crippen molar-refractivity contribution >= 4 is 17.5 Å². The van der Waals surface area contributed by atoms with Crippen LogP contribution < -0.4 is 15.4 Å². The Bertz CT molecular complexity index is 1090. The van der Waals surface area contributed by atoms with Crippen LogP contribution in [0.3, 0.4) is 0 Å². The maximum atomic E-state index is 15.1. The number of carbonyl (C=O) groups is 2. The Morgan fingerprint density at radius 2 is 2.09 bits per heavy atom. The number of halogens is 1. The van der Waals surface area contributed by atoms with Gasteiger partial charge in [-0.3, -0.25) is 14.4 Å². The van der Waals surface area contributed by atoms with Crippen molar-refractivity contribution in [2.75, 3.05) is 25.5 Å². The van der Waals surface area contributed by atoms with E-state index in [0.29, 0.717) is 30.0 Å². The molecule has 0 spiro atoms. The van der Waals surface area contributed by atoms with E-state index < -0.39 is 17.3 Å². The number of allylic oxidation sites excluding steroid dienone is 3. The number of hydrogen-bond acceptors (Lipinski definition) is 5. The van der Waals surface area contributed by atoms with Gasteiger partial charge in [-0.15, -0.1) is 0 Å². The van der Waals surface area contributed by atoms with Crippen LogP contribution >= 0.6 is 0 Å². The molecule has 0 saturated carbocycles. The molecule has 182 valence electrons. The summed E-state index contributed by atoms with van der Waals surface area (Å²) in [6.07, 6.45) is 10.3. The third kappa shape index (κ3) is 5.63. The number of anilines is 1. The van der Waals surface area contributed by atoms with Crippen LogP contribution in [0.2, 0.25) is 0 Å². The minimum absolute atomic E-state index is 0.0588. The molecule has 0 saturated heterocycles. The highest BCUT2D eigenvalue weighted by molar-refractivity contribution is 6.00. The summed E-state index contributed by atoms with van der Waals surface area (Å²) in [5.41, 5.74) is 1.94. The topological polar surface area (TPSA) is 79.9 Å². The summed E-state index contributed by atoms with van der Waals surface area (Å²) in [6.45, 7) is 8.16. The molecule has 0 aliphatic carbocycles. The van der Waals surface area contributed by atoms with Gasteiger partial charge in [-0.1, -0.05) is 37.3 Å². The van der Waals surface area contributed by atoms with Crippen LogP contribution in [0.4, 0.5) is 10.1 Å². The highest BCUT2D eigenvalue weighted by atomic mass is 19.1. The van der Waals surface area contributed by atoms with Gasteiger partial charge in [0.25, 0.3) is 11.8 Å². The number of nitrogens with one attached hydrogen (secondary N) is 2. The third-order valence-electron chi connectivity index (χ3n) is 5.66. The Morgan fingerprint density at radius 3 is 2.71 bits per heavy atom. The fraction of sp³-hybridized carbons (Fsp3) is 0.385. The molecule has 2 aliphatic heterocycles. The standard InChI is InChI=1S/C26H32FN3O4/c1-6-8-18(24(31)28-5)10-9-17(7-2)20-13-14-30(33-16-20)15-19-11-12-21-23(22(19)27)29-25(32)26(3,4)34-21/h7-13H,6,14-16H2,1-5H3,(H,28,31)(H,29,32)/b10-9-,17-7+,18-8-. The van der Waals surface area contributed by atoms with Gasteiger partial charge >= 0.3 is 0 Å². The third-order valence-corrected chi connectivity index (χ3v) is 5.66. The molecular formula is C26H32FN3O4. The number of ether oxygens (including phenoxy) is 1. The first-order valence-electron chi connectivity index (χ1n) is 11.4. The number of hydrogen-bond donors (Lipinski definition) is 2. The van der Waals surface area contributed by atoms with Gasteiger partial charge in [0.1, 0.15) is 11.4 Å². The lowest BCUT2D eigenvalue weighted by atomic mass is 10.0. The van der Waals surface area contributed by atoms with Crippen molar-refractivity contribution in [1.82, 2.24) is 10.4 Å². The lowest BCUT2D eigenvalue weighted by molar-refractivity contribution is -0.156. The molecule has 2 amide bonds. The number of rotatable bonds is 7. The first-order chi connectivity index (χ1) is 16.2. The number of amides is 2. The molecule has 2 N–H and O–H groups in total. The maximum Gasteiger partial charge on any atom is 0.268 e. The fourth-order valence-corrected chi connectivity index (χ4v) is 3.67. The molecule has 1 aromatic rings. The molecule has 0 fully saturated rings. The van der Waals surface area contributed by atoms with Crippen molar-refractivity contribution in [2.24, 2.45) is 0 Å². The molecular weight excluding hydrogens is 437 g/mol. The number of hydroxylamine groups is 2. The molecule has 0 bridgehead atoms. The Morgan fingerprint density at radius 1 is 1.32 bits per heavy atom. The van der Waals surface area contributed by atoms with Crippen LogP contribution in [0, 0.1) is 5.82 Å². The van der Waals surface area contributed by atoms with Gasteiger partial charge in [0.15, 0.2) is 11.4 Å². The zero-order valence-corrected chi connectivity index (χ0v) is 20.3. The summed E-state index contributed by atoms with van der Waals surface area (Å²) >= 11 is 0. The number of benzene rings is 1. The highest BCUT2D eigenvalue weighted by Crippen LogP contribution is 2.37. The van der Waals surface area contributed by atoms with Gasteiger partial charge < -0.3 is 15.4 Å². The molecule has 8 heteroatoms. The second-order valence-corrected chi connectivity index (χ2v) is 8.53. The Balaban J connectivity index is 1.69. The zero-order valence-electron chi connectivity index (χ0n) is 20.3. The van der Waals surface area contributed by atoms with Gasteiger partial charge in [0.2, 0.25) is 0 Å². The normalized spacial score (nSPS) is 18.8. The Labute approximate surface area is 199 Å². The summed E-state index contributed by atoms with van der Waals surface area (Å²) in [5.74, 6) is -0.740. The van der Waals surface area contributed by atoms with E-state index >= 15 is 4.39 Å². The second-order valence-electron chi connectivity index (χ2n) is 8.53. The van der Waals surface area contributed by atoms with E-state index in [1.165, 1.54) is 0 Å². The molecule has 0 radical (unpaired) electrons. The number of nitrogens with zero attached hydrogens (tertiary/aromatic N) is 1. The van der Waals surface area contributed by atoms with Crippen LogP contribution in [0.5, 0.6) is 5.75 Å². The van der Waals surface area contributed by atoms with Gasteiger partial charge in [0, 0.05) is 24.7 Å². The first kappa shape index (κ1) is 25.4. The van der Waals surface area contributed by atoms with Crippen molar-refractivity contribution < 1.29 is 23.6 Å². The van der Waals surface area contributed by atoms with Crippen LogP contribution in [-0.2, 0) is 21.0 Å². The van der Waals surface area contributed by atoms with Crippen molar-refractivity contribution in [3.8, 4) is 5.75 Å². The molecule has 0 unspecified atom stereocenters. The zero-order chi connectivity index (χ0) is 24.9. The lowest BCUT2D eigenvalue weighted by Gasteiger charge is -2.32. The van der Waals surface area contributed by atoms with Gasteiger partial charge in [-0.05, 0) is 50.5 Å². The molecule has 2 aliphatic rings. The minimum Gasteiger partial charge on any atom is -0.476 e. The first-order valence-corrected chi connectivity index (χ1v) is 11.4. The van der Waals surface area contributed by atoms with Crippen LogP contribution in [0.15, 0.2) is 59.2 Å². The quantitative estimate of drug-likeness (QED) is 0.462. The largest absolute Gasteiger partial charge is 0.476 e. The fourth-order valence-electron chi connectivity index (χ4n) is 3.67. The van der Waals surface area contributed by atoms with E-state index in [9.17, 15) is 9.59 Å². The average Bonchev–Trinajstić information content (AvgIpc) is 2.82. The Hall–Kier alpha value is -3.23. The molecule has 7 nitrogen and oxygen atoms in total. The minimum atomic E-state index is -1.05. The van der Waals surface area contributed by atoms with E-state index in [0.717, 1.165) is 17.6 Å². The van der Waals surface area contributed by atoms with E-state index in [2.05, 4.69) is 10.6 Å². The number of carbonyl (C=O) groups excluding carboxylic acids is 2. The molecule has 2 heterocycles. The van der Waals surface area contributed by atoms with Crippen molar-refractivity contribution in [2.45, 2.75) is 46.3 Å². The summed E-state index contributed by atoms with van der Waals surface area (Å²) in [5, 5.41) is 6.92. The smallest absolute Gasteiger partial charge is 0.268 e. The van der Waals surface area contributed by atoms with Crippen molar-refractivity contribution in [3.63, 3.8) is 0 Å². The van der Waals surface area contributed by atoms with Crippen LogP contribution in [0.25, 0.3) is 0 Å². The molecule has 1 aromatic carbocycles. The van der Waals surface area contributed by atoms with Crippen LogP contribution in [-0.4, -0.2) is 42.7 Å². The van der Waals surface area contributed by atoms with E-state index in [1.54, 1.807) is 44.2 Å². The number of fused-ring (bicyclic) bond motifs is 1. The van der Waals surface area contributed by atoms with Crippen molar-refractivity contribution in [3.05, 3.63) is 70.6 Å². The summed E-state index contributed by atoms with van der Waals surface area (Å²) in [7, 11) is 1.61. The molecule has 0 atom stereocenters.